The van der Waals surface area contributed by atoms with Crippen molar-refractivity contribution in [3.05, 3.63) is 33.7 Å². The number of carbonyl (C=O) groups excluding carboxylic acids is 2. The molecule has 5 nitrogen and oxygen atoms in total. The van der Waals surface area contributed by atoms with Gasteiger partial charge in [-0.25, -0.2) is 4.79 Å². The molecule has 0 aromatic carbocycles. The second-order valence-corrected chi connectivity index (χ2v) is 6.72. The first-order chi connectivity index (χ1) is 9.99. The fraction of sp³-hybridized carbons (Fsp3) is 0.467. The number of rotatable bonds is 3. The molecule has 0 saturated heterocycles. The highest BCUT2D eigenvalue weighted by molar-refractivity contribution is 7.08. The van der Waals surface area contributed by atoms with Crippen molar-refractivity contribution in [1.29, 1.82) is 0 Å². The van der Waals surface area contributed by atoms with Crippen LogP contribution in [0, 0.1) is 5.92 Å². The van der Waals surface area contributed by atoms with Crippen molar-refractivity contribution in [2.75, 3.05) is 20.1 Å². The summed E-state index contributed by atoms with van der Waals surface area (Å²) < 4.78 is 0. The minimum absolute atomic E-state index is 0.0433. The Labute approximate surface area is 128 Å². The molecule has 0 bridgehead atoms. The molecule has 112 valence electrons. The van der Waals surface area contributed by atoms with E-state index in [0.29, 0.717) is 19.0 Å². The van der Waals surface area contributed by atoms with Gasteiger partial charge < -0.3 is 10.2 Å². The molecule has 0 unspecified atom stereocenters. The number of nitrogens with zero attached hydrogens (tertiary/aromatic N) is 2. The molecule has 3 heterocycles. The van der Waals surface area contributed by atoms with Gasteiger partial charge in [-0.2, -0.15) is 11.3 Å². The smallest absolute Gasteiger partial charge is 0.322 e. The van der Waals surface area contributed by atoms with Crippen molar-refractivity contribution in [2.45, 2.75) is 19.9 Å². The lowest BCUT2D eigenvalue weighted by atomic mass is 9.98. The molecule has 2 aliphatic rings. The molecule has 0 radical (unpaired) electrons. The highest BCUT2D eigenvalue weighted by atomic mass is 32.1. The van der Waals surface area contributed by atoms with E-state index in [0.717, 1.165) is 16.8 Å². The Hall–Kier alpha value is -1.82. The van der Waals surface area contributed by atoms with E-state index in [-0.39, 0.29) is 18.0 Å². The maximum absolute atomic E-state index is 12.7. The molecule has 1 aromatic rings. The van der Waals surface area contributed by atoms with Gasteiger partial charge in [-0.15, -0.1) is 0 Å². The molecule has 1 aromatic heterocycles. The minimum Gasteiger partial charge on any atom is -0.333 e. The van der Waals surface area contributed by atoms with Crippen LogP contribution in [0.3, 0.4) is 0 Å². The van der Waals surface area contributed by atoms with Crippen molar-refractivity contribution < 1.29 is 9.59 Å². The molecule has 21 heavy (non-hydrogen) atoms. The number of likely N-dealkylation sites (N-methyl/N-ethyl adjacent to an activating group) is 1. The first-order valence-corrected chi connectivity index (χ1v) is 8.02. The zero-order chi connectivity index (χ0) is 15.1. The third-order valence-corrected chi connectivity index (χ3v) is 4.60. The van der Waals surface area contributed by atoms with E-state index in [1.54, 1.807) is 23.3 Å². The maximum Gasteiger partial charge on any atom is 0.322 e. The normalized spacial score (nSPS) is 22.2. The van der Waals surface area contributed by atoms with Gasteiger partial charge in [0.2, 0.25) is 0 Å². The predicted molar refractivity (Wildman–Crippen MR) is 81.8 cm³/mol. The van der Waals surface area contributed by atoms with Crippen molar-refractivity contribution in [3.8, 4) is 0 Å². The Bertz CT molecular complexity index is 606. The van der Waals surface area contributed by atoms with Crippen molar-refractivity contribution >= 4 is 23.3 Å². The van der Waals surface area contributed by atoms with Crippen LogP contribution < -0.4 is 5.32 Å². The van der Waals surface area contributed by atoms with Gasteiger partial charge in [-0.3, -0.25) is 9.69 Å². The van der Waals surface area contributed by atoms with Crippen LogP contribution in [0.25, 0.3) is 0 Å². The molecule has 1 N–H and O–H groups in total. The fourth-order valence-corrected chi connectivity index (χ4v) is 3.59. The molecule has 0 aliphatic carbocycles. The second-order valence-electron chi connectivity index (χ2n) is 5.94. The van der Waals surface area contributed by atoms with Gasteiger partial charge in [0, 0.05) is 13.6 Å². The molecule has 1 atom stereocenters. The third kappa shape index (κ3) is 2.33. The summed E-state index contributed by atoms with van der Waals surface area (Å²) in [5, 5.41) is 6.88. The van der Waals surface area contributed by atoms with Crippen LogP contribution in [0.2, 0.25) is 0 Å². The lowest BCUT2D eigenvalue weighted by Gasteiger charge is -2.30. The number of urea groups is 1. The summed E-state index contributed by atoms with van der Waals surface area (Å²) in [6.07, 6.45) is 0. The number of hydrogen-bond acceptors (Lipinski definition) is 3. The average Bonchev–Trinajstić information content (AvgIpc) is 3.04. The van der Waals surface area contributed by atoms with Crippen molar-refractivity contribution in [1.82, 2.24) is 15.1 Å². The van der Waals surface area contributed by atoms with Gasteiger partial charge in [0.05, 0.1) is 23.9 Å². The Kier molecular flexibility index (Phi) is 3.49. The largest absolute Gasteiger partial charge is 0.333 e. The molecule has 3 amide bonds. The van der Waals surface area contributed by atoms with Gasteiger partial charge >= 0.3 is 6.03 Å². The standard InChI is InChI=1S/C15H19N3O2S/c1-9(2)6-18-7-11-12(14(18)19)13(10-4-5-21-8-10)16-15(20)17(11)3/h4-5,8-9,13H,6-7H2,1-3H3,(H,16,20)/t13-/m1/s1. The maximum atomic E-state index is 12.7. The fourth-order valence-electron chi connectivity index (χ4n) is 2.90. The van der Waals surface area contributed by atoms with E-state index >= 15 is 0 Å². The summed E-state index contributed by atoms with van der Waals surface area (Å²) in [6.45, 7) is 5.42. The highest BCUT2D eigenvalue weighted by Gasteiger charge is 2.42. The Morgan fingerprint density at radius 1 is 1.43 bits per heavy atom. The summed E-state index contributed by atoms with van der Waals surface area (Å²) in [6, 6.07) is 1.49. The van der Waals surface area contributed by atoms with Crippen LogP contribution in [0.5, 0.6) is 0 Å². The highest BCUT2D eigenvalue weighted by Crippen LogP contribution is 2.36. The molecule has 0 fully saturated rings. The van der Waals surface area contributed by atoms with E-state index in [2.05, 4.69) is 19.2 Å². The number of amides is 3. The van der Waals surface area contributed by atoms with E-state index in [4.69, 9.17) is 0 Å². The first-order valence-electron chi connectivity index (χ1n) is 7.07. The first kappa shape index (κ1) is 14.1. The number of carbonyl (C=O) groups is 2. The average molecular weight is 305 g/mol. The Balaban J connectivity index is 1.98. The van der Waals surface area contributed by atoms with Crippen LogP contribution in [-0.4, -0.2) is 41.9 Å². The van der Waals surface area contributed by atoms with Crippen molar-refractivity contribution in [2.24, 2.45) is 5.92 Å². The molecular formula is C15H19N3O2S. The minimum atomic E-state index is -0.320. The van der Waals surface area contributed by atoms with Crippen molar-refractivity contribution in [3.63, 3.8) is 0 Å². The molecule has 0 spiro atoms. The van der Waals surface area contributed by atoms with Gasteiger partial charge in [-0.05, 0) is 28.3 Å². The summed E-state index contributed by atoms with van der Waals surface area (Å²) >= 11 is 1.57. The van der Waals surface area contributed by atoms with Gasteiger partial charge in [0.25, 0.3) is 5.91 Å². The number of hydrogen-bond donors (Lipinski definition) is 1. The summed E-state index contributed by atoms with van der Waals surface area (Å²) in [5.41, 5.74) is 2.53. The number of thiophene rings is 1. The van der Waals surface area contributed by atoms with E-state index in [1.165, 1.54) is 0 Å². The van der Waals surface area contributed by atoms with Gasteiger partial charge in [-0.1, -0.05) is 13.8 Å². The van der Waals surface area contributed by atoms with Gasteiger partial charge in [0.1, 0.15) is 0 Å². The molecule has 3 rings (SSSR count). The molecule has 2 aliphatic heterocycles. The third-order valence-electron chi connectivity index (χ3n) is 3.90. The zero-order valence-electron chi connectivity index (χ0n) is 12.4. The van der Waals surface area contributed by atoms with Crippen LogP contribution in [-0.2, 0) is 4.79 Å². The quantitative estimate of drug-likeness (QED) is 0.931. The molecular weight excluding hydrogens is 286 g/mol. The van der Waals surface area contributed by atoms with Crippen LogP contribution in [0.4, 0.5) is 4.79 Å². The van der Waals surface area contributed by atoms with E-state index in [9.17, 15) is 9.59 Å². The molecule has 6 heteroatoms. The Morgan fingerprint density at radius 2 is 2.19 bits per heavy atom. The summed E-state index contributed by atoms with van der Waals surface area (Å²) in [7, 11) is 1.72. The lowest BCUT2D eigenvalue weighted by molar-refractivity contribution is -0.126. The van der Waals surface area contributed by atoms with Crippen LogP contribution >= 0.6 is 11.3 Å². The van der Waals surface area contributed by atoms with E-state index < -0.39 is 0 Å². The van der Waals surface area contributed by atoms with Gasteiger partial charge in [0.15, 0.2) is 0 Å². The second kappa shape index (κ2) is 5.18. The molecule has 0 saturated carbocycles. The SMILES string of the molecule is CC(C)CN1CC2=C(C1=O)[C@@H](c1ccsc1)NC(=O)N2C. The summed E-state index contributed by atoms with van der Waals surface area (Å²) in [5.74, 6) is 0.450. The topological polar surface area (TPSA) is 52.7 Å². The number of nitrogens with one attached hydrogen (secondary N) is 1. The van der Waals surface area contributed by atoms with Crippen LogP contribution in [0.1, 0.15) is 25.5 Å². The summed E-state index contributed by atoms with van der Waals surface area (Å²) in [4.78, 5) is 28.3. The lowest BCUT2D eigenvalue weighted by Crippen LogP contribution is -2.45. The zero-order valence-corrected chi connectivity index (χ0v) is 13.2. The monoisotopic (exact) mass is 305 g/mol. The van der Waals surface area contributed by atoms with E-state index in [1.807, 2.05) is 21.7 Å². The Morgan fingerprint density at radius 3 is 2.81 bits per heavy atom. The predicted octanol–water partition coefficient (Wildman–Crippen LogP) is 2.20. The van der Waals surface area contributed by atoms with Crippen LogP contribution in [0.15, 0.2) is 28.1 Å².